The maximum absolute atomic E-state index is 13.1. The molecule has 0 bridgehead atoms. The second-order valence-corrected chi connectivity index (χ2v) is 7.87. The number of hydrogen-bond acceptors (Lipinski definition) is 4. The number of methoxy groups -OCH3 is 1. The van der Waals surface area contributed by atoms with Crippen molar-refractivity contribution in [1.82, 2.24) is 4.31 Å². The Labute approximate surface area is 141 Å². The number of benzene rings is 2. The second-order valence-electron chi connectivity index (χ2n) is 5.97. The Morgan fingerprint density at radius 2 is 1.79 bits per heavy atom. The van der Waals surface area contributed by atoms with Gasteiger partial charge in [-0.2, -0.15) is 4.31 Å². The van der Waals surface area contributed by atoms with Crippen LogP contribution in [-0.2, 0) is 23.1 Å². The van der Waals surface area contributed by atoms with Crippen molar-refractivity contribution in [2.45, 2.75) is 31.8 Å². The Morgan fingerprint density at radius 3 is 2.46 bits per heavy atom. The fourth-order valence-electron chi connectivity index (χ4n) is 2.90. The van der Waals surface area contributed by atoms with Crippen LogP contribution in [0.5, 0.6) is 5.75 Å². The third kappa shape index (κ3) is 2.83. The van der Waals surface area contributed by atoms with Gasteiger partial charge in [0.15, 0.2) is 5.78 Å². The number of carbonyl (C=O) groups excluding carboxylic acids is 1. The van der Waals surface area contributed by atoms with Gasteiger partial charge >= 0.3 is 0 Å². The third-order valence-corrected chi connectivity index (χ3v) is 6.06. The van der Waals surface area contributed by atoms with E-state index in [4.69, 9.17) is 4.74 Å². The first-order valence-electron chi connectivity index (χ1n) is 7.60. The van der Waals surface area contributed by atoms with Gasteiger partial charge in [0.1, 0.15) is 10.6 Å². The quantitative estimate of drug-likeness (QED) is 0.799. The van der Waals surface area contributed by atoms with Gasteiger partial charge in [-0.15, -0.1) is 0 Å². The molecule has 0 fully saturated rings. The van der Waals surface area contributed by atoms with Gasteiger partial charge in [0, 0.05) is 18.7 Å². The molecular formula is C18H19NO4S. The number of rotatable bonds is 4. The van der Waals surface area contributed by atoms with Crippen molar-refractivity contribution in [1.29, 1.82) is 0 Å². The molecule has 0 saturated heterocycles. The molecule has 0 amide bonds. The van der Waals surface area contributed by atoms with E-state index in [1.807, 2.05) is 25.1 Å². The van der Waals surface area contributed by atoms with E-state index in [0.717, 1.165) is 16.7 Å². The molecule has 126 valence electrons. The summed E-state index contributed by atoms with van der Waals surface area (Å²) in [5, 5.41) is 0. The topological polar surface area (TPSA) is 63.7 Å². The van der Waals surface area contributed by atoms with Crippen molar-refractivity contribution in [3.8, 4) is 5.75 Å². The number of aryl methyl sites for hydroxylation is 1. The number of ether oxygens (including phenoxy) is 1. The fourth-order valence-corrected chi connectivity index (χ4v) is 4.48. The Morgan fingerprint density at radius 1 is 1.08 bits per heavy atom. The first-order chi connectivity index (χ1) is 11.3. The minimum atomic E-state index is -3.76. The summed E-state index contributed by atoms with van der Waals surface area (Å²) in [6.45, 7) is 4.04. The van der Waals surface area contributed by atoms with Gasteiger partial charge in [-0.1, -0.05) is 23.8 Å². The molecule has 0 atom stereocenters. The summed E-state index contributed by atoms with van der Waals surface area (Å²) >= 11 is 0. The Bertz CT molecular complexity index is 919. The van der Waals surface area contributed by atoms with Crippen molar-refractivity contribution >= 4 is 15.8 Å². The monoisotopic (exact) mass is 345 g/mol. The molecule has 0 N–H and O–H groups in total. The number of ketones is 1. The summed E-state index contributed by atoms with van der Waals surface area (Å²) in [5.41, 5.74) is 3.47. The average molecular weight is 345 g/mol. The zero-order chi connectivity index (χ0) is 17.5. The molecule has 2 aromatic rings. The third-order valence-electron chi connectivity index (χ3n) is 4.24. The van der Waals surface area contributed by atoms with Crippen LogP contribution in [0.1, 0.15) is 34.0 Å². The largest absolute Gasteiger partial charge is 0.495 e. The van der Waals surface area contributed by atoms with Crippen LogP contribution >= 0.6 is 0 Å². The van der Waals surface area contributed by atoms with Crippen molar-refractivity contribution in [2.24, 2.45) is 0 Å². The van der Waals surface area contributed by atoms with E-state index in [1.165, 1.54) is 30.5 Å². The molecule has 1 heterocycles. The predicted molar refractivity (Wildman–Crippen MR) is 90.6 cm³/mol. The Kier molecular flexibility index (Phi) is 4.19. The molecule has 0 saturated carbocycles. The molecule has 5 nitrogen and oxygen atoms in total. The zero-order valence-electron chi connectivity index (χ0n) is 13.9. The lowest BCUT2D eigenvalue weighted by Gasteiger charge is -2.18. The minimum Gasteiger partial charge on any atom is -0.495 e. The van der Waals surface area contributed by atoms with Crippen LogP contribution in [-0.4, -0.2) is 25.6 Å². The molecule has 6 heteroatoms. The van der Waals surface area contributed by atoms with Gasteiger partial charge in [0.05, 0.1) is 7.11 Å². The zero-order valence-corrected chi connectivity index (χ0v) is 14.7. The maximum Gasteiger partial charge on any atom is 0.247 e. The summed E-state index contributed by atoms with van der Waals surface area (Å²) in [7, 11) is -2.34. The van der Waals surface area contributed by atoms with Gasteiger partial charge in [0.25, 0.3) is 0 Å². The van der Waals surface area contributed by atoms with Crippen molar-refractivity contribution in [2.75, 3.05) is 7.11 Å². The minimum absolute atomic E-state index is 0.0298. The number of Topliss-reactive ketones (excluding diaryl/α,β-unsaturated/α-hetero) is 1. The molecule has 2 aromatic carbocycles. The maximum atomic E-state index is 13.1. The number of sulfonamides is 1. The average Bonchev–Trinajstić information content (AvgIpc) is 2.98. The van der Waals surface area contributed by atoms with E-state index in [-0.39, 0.29) is 16.4 Å². The van der Waals surface area contributed by atoms with E-state index in [2.05, 4.69) is 0 Å². The van der Waals surface area contributed by atoms with E-state index < -0.39 is 10.0 Å². The van der Waals surface area contributed by atoms with Crippen LogP contribution in [0.4, 0.5) is 0 Å². The first kappa shape index (κ1) is 16.7. The van der Waals surface area contributed by atoms with Gasteiger partial charge < -0.3 is 4.74 Å². The van der Waals surface area contributed by atoms with Gasteiger partial charge in [-0.05, 0) is 43.2 Å². The molecule has 24 heavy (non-hydrogen) atoms. The van der Waals surface area contributed by atoms with Crippen molar-refractivity contribution in [3.05, 3.63) is 58.7 Å². The SMILES string of the molecule is COc1ccc(C(C)=O)cc1S(=O)(=O)N1Cc2ccc(C)cc2C1. The van der Waals surface area contributed by atoms with Crippen molar-refractivity contribution in [3.63, 3.8) is 0 Å². The van der Waals surface area contributed by atoms with Gasteiger partial charge in [0.2, 0.25) is 10.0 Å². The van der Waals surface area contributed by atoms with Crippen molar-refractivity contribution < 1.29 is 17.9 Å². The summed E-state index contributed by atoms with van der Waals surface area (Å²) < 4.78 is 32.8. The molecule has 0 unspecified atom stereocenters. The number of fused-ring (bicyclic) bond motifs is 1. The highest BCUT2D eigenvalue weighted by Gasteiger charge is 2.33. The van der Waals surface area contributed by atoms with Crippen LogP contribution in [0.2, 0.25) is 0 Å². The van der Waals surface area contributed by atoms with Gasteiger partial charge in [-0.3, -0.25) is 4.79 Å². The fraction of sp³-hybridized carbons (Fsp3) is 0.278. The van der Waals surface area contributed by atoms with Crippen LogP contribution in [0.3, 0.4) is 0 Å². The highest BCUT2D eigenvalue weighted by molar-refractivity contribution is 7.89. The van der Waals surface area contributed by atoms with E-state index in [9.17, 15) is 13.2 Å². The lowest BCUT2D eigenvalue weighted by atomic mass is 10.1. The molecule has 0 aromatic heterocycles. The van der Waals surface area contributed by atoms with Crippen LogP contribution in [0, 0.1) is 6.92 Å². The van der Waals surface area contributed by atoms with Crippen LogP contribution < -0.4 is 4.74 Å². The second kappa shape index (κ2) is 6.03. The molecule has 1 aliphatic rings. The first-order valence-corrected chi connectivity index (χ1v) is 9.04. The summed E-state index contributed by atoms with van der Waals surface area (Å²) in [6.07, 6.45) is 0. The number of carbonyl (C=O) groups is 1. The molecule has 0 aliphatic carbocycles. The van der Waals surface area contributed by atoms with E-state index in [0.29, 0.717) is 18.7 Å². The van der Waals surface area contributed by atoms with E-state index in [1.54, 1.807) is 6.07 Å². The molecule has 0 spiro atoms. The Balaban J connectivity index is 2.03. The molecule has 3 rings (SSSR count). The Hall–Kier alpha value is -2.18. The molecule has 1 aliphatic heterocycles. The number of hydrogen-bond donors (Lipinski definition) is 0. The highest BCUT2D eigenvalue weighted by atomic mass is 32.2. The molecule has 0 radical (unpaired) electrons. The van der Waals surface area contributed by atoms with Crippen LogP contribution in [0.15, 0.2) is 41.3 Å². The number of nitrogens with zero attached hydrogens (tertiary/aromatic N) is 1. The summed E-state index contributed by atoms with van der Waals surface area (Å²) in [6, 6.07) is 10.4. The normalized spacial score (nSPS) is 14.5. The van der Waals surface area contributed by atoms with Crippen LogP contribution in [0.25, 0.3) is 0 Å². The summed E-state index contributed by atoms with van der Waals surface area (Å²) in [5.74, 6) is 0.0570. The smallest absolute Gasteiger partial charge is 0.247 e. The lowest BCUT2D eigenvalue weighted by molar-refractivity contribution is 0.101. The summed E-state index contributed by atoms with van der Waals surface area (Å²) in [4.78, 5) is 11.6. The lowest BCUT2D eigenvalue weighted by Crippen LogP contribution is -2.26. The standard InChI is InChI=1S/C18H19NO4S/c1-12-4-5-15-10-19(11-16(15)8-12)24(21,22)18-9-14(13(2)20)6-7-17(18)23-3/h4-9H,10-11H2,1-3H3. The van der Waals surface area contributed by atoms with E-state index >= 15 is 0 Å². The highest BCUT2D eigenvalue weighted by Crippen LogP contribution is 2.33. The predicted octanol–water partition coefficient (Wildman–Crippen LogP) is 2.91. The molecular weight excluding hydrogens is 326 g/mol. The van der Waals surface area contributed by atoms with Gasteiger partial charge in [-0.25, -0.2) is 8.42 Å².